The third kappa shape index (κ3) is 5.28. The molecule has 112 valence electrons. The Morgan fingerprint density at radius 3 is 2.40 bits per heavy atom. The molecule has 0 radical (unpaired) electrons. The Kier molecular flexibility index (Phi) is 5.67. The normalized spacial score (nSPS) is 14.6. The van der Waals surface area contributed by atoms with Crippen LogP contribution in [0.15, 0.2) is 30.3 Å². The zero-order chi connectivity index (χ0) is 15.3. The van der Waals surface area contributed by atoms with E-state index in [2.05, 4.69) is 4.52 Å². The SMILES string of the molecule is CC(OP(=O)(O)O)C(Cc1ccccc1)N(N)C(=O)O. The van der Waals surface area contributed by atoms with Gasteiger partial charge in [0.15, 0.2) is 0 Å². The number of carboxylic acid groups (broad SMARTS) is 1. The molecule has 0 spiro atoms. The van der Waals surface area contributed by atoms with Crippen LogP contribution < -0.4 is 5.84 Å². The van der Waals surface area contributed by atoms with Crippen molar-refractivity contribution in [2.75, 3.05) is 0 Å². The van der Waals surface area contributed by atoms with Gasteiger partial charge in [0.1, 0.15) is 0 Å². The van der Waals surface area contributed by atoms with Crippen molar-refractivity contribution in [3.05, 3.63) is 35.9 Å². The van der Waals surface area contributed by atoms with Gasteiger partial charge in [-0.25, -0.2) is 20.2 Å². The molecule has 1 aromatic carbocycles. The number of hydrazine groups is 1. The van der Waals surface area contributed by atoms with Crippen LogP contribution in [-0.2, 0) is 15.5 Å². The fourth-order valence-electron chi connectivity index (χ4n) is 1.77. The number of hydrogen-bond donors (Lipinski definition) is 4. The van der Waals surface area contributed by atoms with Crippen LogP contribution in [0.3, 0.4) is 0 Å². The molecule has 0 fully saturated rings. The minimum atomic E-state index is -4.73. The van der Waals surface area contributed by atoms with E-state index < -0.39 is 26.1 Å². The second-order valence-electron chi connectivity index (χ2n) is 4.25. The van der Waals surface area contributed by atoms with Crippen LogP contribution in [0.4, 0.5) is 4.79 Å². The van der Waals surface area contributed by atoms with E-state index in [0.717, 1.165) is 5.56 Å². The molecule has 1 amide bonds. The zero-order valence-electron chi connectivity index (χ0n) is 10.8. The van der Waals surface area contributed by atoms with Crippen LogP contribution in [0.5, 0.6) is 0 Å². The van der Waals surface area contributed by atoms with E-state index in [1.807, 2.05) is 0 Å². The number of benzene rings is 1. The number of nitrogens with two attached hydrogens (primary N) is 1. The highest BCUT2D eigenvalue weighted by Gasteiger charge is 2.31. The first kappa shape index (κ1) is 16.6. The molecule has 0 saturated carbocycles. The second-order valence-corrected chi connectivity index (χ2v) is 5.44. The molecule has 2 atom stereocenters. The van der Waals surface area contributed by atoms with Gasteiger partial charge in [0.25, 0.3) is 0 Å². The van der Waals surface area contributed by atoms with E-state index in [-0.39, 0.29) is 6.42 Å². The maximum atomic E-state index is 11.0. The summed E-state index contributed by atoms with van der Waals surface area (Å²) >= 11 is 0. The average Bonchev–Trinajstić information content (AvgIpc) is 2.34. The van der Waals surface area contributed by atoms with Crippen LogP contribution >= 0.6 is 7.82 Å². The first-order chi connectivity index (χ1) is 9.20. The summed E-state index contributed by atoms with van der Waals surface area (Å²) in [6.07, 6.45) is -2.31. The lowest BCUT2D eigenvalue weighted by Gasteiger charge is -2.30. The van der Waals surface area contributed by atoms with Crippen molar-refractivity contribution in [1.29, 1.82) is 0 Å². The lowest BCUT2D eigenvalue weighted by atomic mass is 10.0. The highest BCUT2D eigenvalue weighted by Crippen LogP contribution is 2.38. The Bertz CT molecular complexity index is 491. The van der Waals surface area contributed by atoms with E-state index in [1.165, 1.54) is 6.92 Å². The number of carbonyl (C=O) groups is 1. The largest absolute Gasteiger partial charge is 0.469 e. The molecule has 0 aliphatic heterocycles. The molecule has 20 heavy (non-hydrogen) atoms. The van der Waals surface area contributed by atoms with E-state index in [1.54, 1.807) is 30.3 Å². The Labute approximate surface area is 116 Å². The summed E-state index contributed by atoms with van der Waals surface area (Å²) in [6.45, 7) is 1.36. The third-order valence-corrected chi connectivity index (χ3v) is 3.32. The molecule has 0 saturated heterocycles. The molecule has 0 aromatic heterocycles. The average molecular weight is 304 g/mol. The monoisotopic (exact) mass is 304 g/mol. The predicted octanol–water partition coefficient (Wildman–Crippen LogP) is 0.949. The molecule has 8 nitrogen and oxygen atoms in total. The lowest BCUT2D eigenvalue weighted by molar-refractivity contribution is 0.0514. The van der Waals surface area contributed by atoms with Gasteiger partial charge in [-0.05, 0) is 18.9 Å². The molecule has 0 aliphatic carbocycles. The molecular formula is C11H17N2O6P. The molecular weight excluding hydrogens is 287 g/mol. The van der Waals surface area contributed by atoms with Crippen molar-refractivity contribution in [2.24, 2.45) is 5.84 Å². The summed E-state index contributed by atoms with van der Waals surface area (Å²) in [5.74, 6) is 5.43. The van der Waals surface area contributed by atoms with Crippen LogP contribution in [0.1, 0.15) is 12.5 Å². The van der Waals surface area contributed by atoms with Crippen LogP contribution in [0.25, 0.3) is 0 Å². The summed E-state index contributed by atoms with van der Waals surface area (Å²) in [7, 11) is -4.73. The van der Waals surface area contributed by atoms with E-state index >= 15 is 0 Å². The fourth-order valence-corrected chi connectivity index (χ4v) is 2.35. The number of amides is 1. The first-order valence-electron chi connectivity index (χ1n) is 5.75. The Hall–Kier alpha value is -1.44. The molecule has 5 N–H and O–H groups in total. The Balaban J connectivity index is 2.91. The Morgan fingerprint density at radius 2 is 1.95 bits per heavy atom. The van der Waals surface area contributed by atoms with Crippen LogP contribution in [-0.4, -0.2) is 38.1 Å². The highest BCUT2D eigenvalue weighted by molar-refractivity contribution is 7.46. The number of phosphoric acid groups is 1. The number of nitrogens with zero attached hydrogens (tertiary/aromatic N) is 1. The van der Waals surface area contributed by atoms with Gasteiger partial charge in [-0.3, -0.25) is 4.52 Å². The summed E-state index contributed by atoms with van der Waals surface area (Å²) < 4.78 is 15.4. The molecule has 1 aromatic rings. The van der Waals surface area contributed by atoms with Gasteiger partial charge < -0.3 is 14.9 Å². The van der Waals surface area contributed by atoms with E-state index in [9.17, 15) is 9.36 Å². The van der Waals surface area contributed by atoms with Gasteiger partial charge in [0.05, 0.1) is 12.1 Å². The first-order valence-corrected chi connectivity index (χ1v) is 7.28. The minimum Gasteiger partial charge on any atom is -0.464 e. The fraction of sp³-hybridized carbons (Fsp3) is 0.364. The topological polar surface area (TPSA) is 133 Å². The number of phosphoric ester groups is 1. The van der Waals surface area contributed by atoms with E-state index in [0.29, 0.717) is 5.01 Å². The maximum Gasteiger partial charge on any atom is 0.469 e. The van der Waals surface area contributed by atoms with Crippen molar-refractivity contribution in [3.8, 4) is 0 Å². The Morgan fingerprint density at radius 1 is 1.40 bits per heavy atom. The van der Waals surface area contributed by atoms with Gasteiger partial charge in [-0.15, -0.1) is 0 Å². The summed E-state index contributed by atoms with van der Waals surface area (Å²) in [4.78, 5) is 28.6. The van der Waals surface area contributed by atoms with Crippen molar-refractivity contribution in [2.45, 2.75) is 25.5 Å². The lowest BCUT2D eigenvalue weighted by Crippen LogP contribution is -2.51. The van der Waals surface area contributed by atoms with Gasteiger partial charge in [0.2, 0.25) is 0 Å². The molecule has 1 rings (SSSR count). The van der Waals surface area contributed by atoms with Crippen molar-refractivity contribution in [1.82, 2.24) is 5.01 Å². The van der Waals surface area contributed by atoms with Gasteiger partial charge >= 0.3 is 13.9 Å². The second kappa shape index (κ2) is 6.83. The third-order valence-electron chi connectivity index (χ3n) is 2.71. The van der Waals surface area contributed by atoms with Gasteiger partial charge in [-0.1, -0.05) is 30.3 Å². The number of rotatable bonds is 6. The summed E-state index contributed by atoms with van der Waals surface area (Å²) in [5.41, 5.74) is 0.773. The quantitative estimate of drug-likeness (QED) is 0.266. The molecule has 0 bridgehead atoms. The van der Waals surface area contributed by atoms with Gasteiger partial charge in [-0.2, -0.15) is 0 Å². The van der Waals surface area contributed by atoms with Crippen molar-refractivity contribution < 1.29 is 28.8 Å². The molecule has 2 unspecified atom stereocenters. The van der Waals surface area contributed by atoms with Crippen LogP contribution in [0, 0.1) is 0 Å². The number of hydrogen-bond acceptors (Lipinski definition) is 4. The highest BCUT2D eigenvalue weighted by atomic mass is 31.2. The minimum absolute atomic E-state index is 0.171. The molecule has 0 heterocycles. The van der Waals surface area contributed by atoms with Gasteiger partial charge in [0, 0.05) is 0 Å². The smallest absolute Gasteiger partial charge is 0.464 e. The molecule has 0 aliphatic rings. The van der Waals surface area contributed by atoms with Crippen molar-refractivity contribution in [3.63, 3.8) is 0 Å². The predicted molar refractivity (Wildman–Crippen MR) is 70.6 cm³/mol. The summed E-state index contributed by atoms with van der Waals surface area (Å²) in [5, 5.41) is 9.42. The maximum absolute atomic E-state index is 11.0. The zero-order valence-corrected chi connectivity index (χ0v) is 11.7. The summed E-state index contributed by atoms with van der Waals surface area (Å²) in [6, 6.07) is 7.92. The standard InChI is InChI=1S/C11H17N2O6P/c1-8(19-20(16,17)18)10(13(12)11(14)15)7-9-5-3-2-4-6-9/h2-6,8,10H,7,12H2,1H3,(H,14,15)(H2,16,17,18). The molecule has 9 heteroatoms. The van der Waals surface area contributed by atoms with Crippen molar-refractivity contribution >= 4 is 13.9 Å². The van der Waals surface area contributed by atoms with Crippen LogP contribution in [0.2, 0.25) is 0 Å². The van der Waals surface area contributed by atoms with E-state index in [4.69, 9.17) is 20.7 Å².